The van der Waals surface area contributed by atoms with E-state index in [0.29, 0.717) is 0 Å². The second-order valence-corrected chi connectivity index (χ2v) is 7.16. The Morgan fingerprint density at radius 1 is 1.07 bits per heavy atom. The Kier molecular flexibility index (Phi) is 4.31. The molecule has 1 unspecified atom stereocenters. The van der Waals surface area contributed by atoms with Crippen LogP contribution in [0.2, 0.25) is 0 Å². The van der Waals surface area contributed by atoms with Crippen LogP contribution < -0.4 is 0 Å². The molecule has 29 heavy (non-hydrogen) atoms. The fourth-order valence-electron chi connectivity index (χ4n) is 4.09. The van der Waals surface area contributed by atoms with Gasteiger partial charge in [-0.3, -0.25) is 14.8 Å². The molecule has 0 aliphatic carbocycles. The standard InChI is InChI=1S/C23H20N4O2/c1-15(28)29-21-11-6-10-20-22(17-12-14-25-18-8-3-2-7-16(17)18)23(26-27(20)21)19-9-4-5-13-24-19/h2-5,7-9,12-14,21H,6,10-11H2,1H3. The summed E-state index contributed by atoms with van der Waals surface area (Å²) < 4.78 is 7.45. The maximum absolute atomic E-state index is 11.6. The number of carbonyl (C=O) groups excluding carboxylic acids is 1. The molecule has 0 amide bonds. The smallest absolute Gasteiger partial charge is 0.304 e. The molecule has 0 fully saturated rings. The number of hydrogen-bond acceptors (Lipinski definition) is 5. The van der Waals surface area contributed by atoms with E-state index in [-0.39, 0.29) is 12.2 Å². The Morgan fingerprint density at radius 3 is 2.76 bits per heavy atom. The van der Waals surface area contributed by atoms with Gasteiger partial charge in [0.2, 0.25) is 0 Å². The second kappa shape index (κ2) is 7.13. The van der Waals surface area contributed by atoms with Gasteiger partial charge < -0.3 is 4.74 Å². The maximum Gasteiger partial charge on any atom is 0.304 e. The molecule has 6 nitrogen and oxygen atoms in total. The molecule has 0 spiro atoms. The molecule has 1 atom stereocenters. The number of pyridine rings is 2. The van der Waals surface area contributed by atoms with Gasteiger partial charge >= 0.3 is 5.97 Å². The molecule has 0 saturated heterocycles. The van der Waals surface area contributed by atoms with Crippen molar-refractivity contribution in [1.29, 1.82) is 0 Å². The van der Waals surface area contributed by atoms with Crippen molar-refractivity contribution in [3.05, 3.63) is 66.6 Å². The topological polar surface area (TPSA) is 69.9 Å². The first-order valence-corrected chi connectivity index (χ1v) is 9.76. The largest absolute Gasteiger partial charge is 0.440 e. The van der Waals surface area contributed by atoms with E-state index in [2.05, 4.69) is 16.0 Å². The maximum atomic E-state index is 11.6. The number of rotatable bonds is 3. The molecule has 1 aromatic carbocycles. The van der Waals surface area contributed by atoms with E-state index in [4.69, 9.17) is 9.84 Å². The van der Waals surface area contributed by atoms with Crippen LogP contribution in [0.3, 0.4) is 0 Å². The lowest BCUT2D eigenvalue weighted by atomic mass is 9.94. The molecule has 3 aromatic heterocycles. The fourth-order valence-corrected chi connectivity index (χ4v) is 4.09. The highest BCUT2D eigenvalue weighted by Crippen LogP contribution is 2.41. The summed E-state index contributed by atoms with van der Waals surface area (Å²) in [4.78, 5) is 20.7. The SMILES string of the molecule is CC(=O)OC1CCCc2c(-c3ccnc4ccccc34)c(-c3ccccn3)nn21. The van der Waals surface area contributed by atoms with Gasteiger partial charge in [0.05, 0.1) is 16.9 Å². The third kappa shape index (κ3) is 3.06. The number of benzene rings is 1. The van der Waals surface area contributed by atoms with Crippen LogP contribution in [-0.2, 0) is 16.0 Å². The number of ether oxygens (including phenoxy) is 1. The Balaban J connectivity index is 1.80. The van der Waals surface area contributed by atoms with Gasteiger partial charge in [-0.25, -0.2) is 4.68 Å². The number of carbonyl (C=O) groups is 1. The molecule has 5 rings (SSSR count). The summed E-state index contributed by atoms with van der Waals surface area (Å²) in [6.45, 7) is 1.44. The summed E-state index contributed by atoms with van der Waals surface area (Å²) in [7, 11) is 0. The monoisotopic (exact) mass is 384 g/mol. The van der Waals surface area contributed by atoms with Crippen molar-refractivity contribution >= 4 is 16.9 Å². The molecule has 0 radical (unpaired) electrons. The fraction of sp³-hybridized carbons (Fsp3) is 0.217. The number of fused-ring (bicyclic) bond motifs is 2. The van der Waals surface area contributed by atoms with Gasteiger partial charge in [0.1, 0.15) is 5.69 Å². The quantitative estimate of drug-likeness (QED) is 0.484. The number of para-hydroxylation sites is 1. The minimum Gasteiger partial charge on any atom is -0.440 e. The van der Waals surface area contributed by atoms with E-state index in [1.54, 1.807) is 6.20 Å². The lowest BCUT2D eigenvalue weighted by molar-refractivity contribution is -0.153. The van der Waals surface area contributed by atoms with E-state index in [0.717, 1.165) is 58.4 Å². The minimum atomic E-state index is -0.388. The minimum absolute atomic E-state index is 0.298. The summed E-state index contributed by atoms with van der Waals surface area (Å²) in [5.41, 5.74) is 5.71. The molecule has 0 saturated carbocycles. The second-order valence-electron chi connectivity index (χ2n) is 7.16. The summed E-state index contributed by atoms with van der Waals surface area (Å²) in [6.07, 6.45) is 5.76. The summed E-state index contributed by atoms with van der Waals surface area (Å²) >= 11 is 0. The molecular weight excluding hydrogens is 364 g/mol. The van der Waals surface area contributed by atoms with Gasteiger partial charge in [-0.15, -0.1) is 0 Å². The average molecular weight is 384 g/mol. The Bertz CT molecular complexity index is 1190. The van der Waals surface area contributed by atoms with Gasteiger partial charge in [-0.1, -0.05) is 24.3 Å². The van der Waals surface area contributed by atoms with Crippen molar-refractivity contribution in [2.24, 2.45) is 0 Å². The highest BCUT2D eigenvalue weighted by molar-refractivity contribution is 5.98. The van der Waals surface area contributed by atoms with Crippen LogP contribution in [0.25, 0.3) is 33.4 Å². The van der Waals surface area contributed by atoms with Crippen molar-refractivity contribution < 1.29 is 9.53 Å². The Hall–Kier alpha value is -3.54. The number of nitrogens with zero attached hydrogens (tertiary/aromatic N) is 4. The van der Waals surface area contributed by atoms with Gasteiger partial charge in [0.15, 0.2) is 6.23 Å². The summed E-state index contributed by atoms with van der Waals surface area (Å²) in [5, 5.41) is 5.96. The third-order valence-electron chi connectivity index (χ3n) is 5.27. The molecule has 0 bridgehead atoms. The predicted molar refractivity (Wildman–Crippen MR) is 110 cm³/mol. The van der Waals surface area contributed by atoms with Crippen molar-refractivity contribution in [3.8, 4) is 22.5 Å². The van der Waals surface area contributed by atoms with E-state index in [1.165, 1.54) is 6.92 Å². The zero-order valence-electron chi connectivity index (χ0n) is 16.1. The first-order chi connectivity index (χ1) is 14.2. The van der Waals surface area contributed by atoms with Gasteiger partial charge in [-0.05, 0) is 42.7 Å². The van der Waals surface area contributed by atoms with E-state index >= 15 is 0 Å². The number of aromatic nitrogens is 4. The van der Waals surface area contributed by atoms with Gasteiger partial charge in [-0.2, -0.15) is 5.10 Å². The van der Waals surface area contributed by atoms with Crippen LogP contribution in [0.5, 0.6) is 0 Å². The van der Waals surface area contributed by atoms with E-state index in [1.807, 2.05) is 53.3 Å². The molecule has 4 aromatic rings. The van der Waals surface area contributed by atoms with Gasteiger partial charge in [0.25, 0.3) is 0 Å². The zero-order valence-corrected chi connectivity index (χ0v) is 16.1. The molecule has 144 valence electrons. The molecular formula is C23H20N4O2. The summed E-state index contributed by atoms with van der Waals surface area (Å²) in [5.74, 6) is -0.298. The van der Waals surface area contributed by atoms with Crippen molar-refractivity contribution in [2.45, 2.75) is 32.4 Å². The number of hydrogen-bond donors (Lipinski definition) is 0. The predicted octanol–water partition coefficient (Wildman–Crippen LogP) is 4.56. The Labute approximate surface area is 168 Å². The molecule has 6 heteroatoms. The normalized spacial score (nSPS) is 15.8. The molecule has 4 heterocycles. The van der Waals surface area contributed by atoms with Crippen LogP contribution in [0.1, 0.15) is 31.7 Å². The van der Waals surface area contributed by atoms with Crippen molar-refractivity contribution in [1.82, 2.24) is 19.7 Å². The van der Waals surface area contributed by atoms with Crippen molar-refractivity contribution in [2.75, 3.05) is 0 Å². The first-order valence-electron chi connectivity index (χ1n) is 9.76. The Morgan fingerprint density at radius 2 is 1.93 bits per heavy atom. The average Bonchev–Trinajstić information content (AvgIpc) is 3.14. The van der Waals surface area contributed by atoms with Crippen LogP contribution >= 0.6 is 0 Å². The third-order valence-corrected chi connectivity index (χ3v) is 5.27. The number of esters is 1. The van der Waals surface area contributed by atoms with Crippen LogP contribution in [0.4, 0.5) is 0 Å². The lowest BCUT2D eigenvalue weighted by Gasteiger charge is -2.24. The van der Waals surface area contributed by atoms with E-state index in [9.17, 15) is 4.79 Å². The van der Waals surface area contributed by atoms with Crippen molar-refractivity contribution in [3.63, 3.8) is 0 Å². The van der Waals surface area contributed by atoms with Crippen LogP contribution in [0.15, 0.2) is 60.9 Å². The highest BCUT2D eigenvalue weighted by Gasteiger charge is 2.30. The van der Waals surface area contributed by atoms with Crippen LogP contribution in [0, 0.1) is 0 Å². The zero-order chi connectivity index (χ0) is 19.8. The van der Waals surface area contributed by atoms with Gasteiger partial charge in [0, 0.05) is 36.7 Å². The molecule has 0 N–H and O–H groups in total. The molecule has 1 aliphatic heterocycles. The molecule has 1 aliphatic rings. The highest BCUT2D eigenvalue weighted by atomic mass is 16.6. The van der Waals surface area contributed by atoms with E-state index < -0.39 is 0 Å². The van der Waals surface area contributed by atoms with Crippen LogP contribution in [-0.4, -0.2) is 25.7 Å². The lowest BCUT2D eigenvalue weighted by Crippen LogP contribution is -2.23. The summed E-state index contributed by atoms with van der Waals surface area (Å²) in [6, 6.07) is 15.9. The first kappa shape index (κ1) is 17.6.